The van der Waals surface area contributed by atoms with E-state index in [0.29, 0.717) is 5.69 Å². The first-order valence-corrected chi connectivity index (χ1v) is 6.30. The van der Waals surface area contributed by atoms with Gasteiger partial charge in [0, 0.05) is 6.20 Å². The summed E-state index contributed by atoms with van der Waals surface area (Å²) in [5.41, 5.74) is 3.02. The highest BCUT2D eigenvalue weighted by atomic mass is 15.1. The predicted molar refractivity (Wildman–Crippen MR) is 74.6 cm³/mol. The van der Waals surface area contributed by atoms with Crippen LogP contribution in [0.25, 0.3) is 0 Å². The second kappa shape index (κ2) is 5.19. The van der Waals surface area contributed by atoms with Gasteiger partial charge in [0.25, 0.3) is 0 Å². The minimum Gasteiger partial charge on any atom is -0.197 e. The lowest BCUT2D eigenvalue weighted by molar-refractivity contribution is 0.590. The summed E-state index contributed by atoms with van der Waals surface area (Å²) in [6.07, 6.45) is 1.61. The smallest absolute Gasteiger partial charge is 0.115 e. The SMILES string of the molecule is CC(C)(C)c1ccc(C(C#N)c2cccnn2)cc1. The molecule has 2 aromatic rings. The van der Waals surface area contributed by atoms with E-state index >= 15 is 0 Å². The summed E-state index contributed by atoms with van der Waals surface area (Å²) in [5.74, 6) is -0.359. The number of nitriles is 1. The van der Waals surface area contributed by atoms with Crippen molar-refractivity contribution in [2.24, 2.45) is 0 Å². The van der Waals surface area contributed by atoms with Gasteiger partial charge in [-0.15, -0.1) is 0 Å². The Morgan fingerprint density at radius 2 is 1.79 bits per heavy atom. The number of aromatic nitrogens is 2. The quantitative estimate of drug-likeness (QED) is 0.821. The van der Waals surface area contributed by atoms with Crippen LogP contribution in [0.3, 0.4) is 0 Å². The Hall–Kier alpha value is -2.21. The average Bonchev–Trinajstić information content (AvgIpc) is 2.40. The molecule has 0 fully saturated rings. The standard InChI is InChI=1S/C16H17N3/c1-16(2,3)13-8-6-12(7-9-13)14(11-17)15-5-4-10-18-19-15/h4-10,14H,1-3H3. The van der Waals surface area contributed by atoms with Crippen LogP contribution in [0, 0.1) is 11.3 Å². The zero-order valence-electron chi connectivity index (χ0n) is 11.5. The largest absolute Gasteiger partial charge is 0.197 e. The van der Waals surface area contributed by atoms with Gasteiger partial charge in [-0.1, -0.05) is 45.0 Å². The van der Waals surface area contributed by atoms with Gasteiger partial charge in [0.05, 0.1) is 11.8 Å². The molecule has 96 valence electrons. The van der Waals surface area contributed by atoms with E-state index in [1.165, 1.54) is 5.56 Å². The third-order valence-electron chi connectivity index (χ3n) is 3.13. The van der Waals surface area contributed by atoms with Gasteiger partial charge >= 0.3 is 0 Å². The van der Waals surface area contributed by atoms with Crippen LogP contribution in [0.2, 0.25) is 0 Å². The van der Waals surface area contributed by atoms with Gasteiger partial charge < -0.3 is 0 Å². The summed E-state index contributed by atoms with van der Waals surface area (Å²) in [6, 6.07) is 14.1. The maximum absolute atomic E-state index is 9.34. The van der Waals surface area contributed by atoms with Crippen molar-refractivity contribution in [3.63, 3.8) is 0 Å². The van der Waals surface area contributed by atoms with Crippen molar-refractivity contribution < 1.29 is 0 Å². The van der Waals surface area contributed by atoms with Crippen molar-refractivity contribution in [1.29, 1.82) is 5.26 Å². The maximum Gasteiger partial charge on any atom is 0.115 e. The lowest BCUT2D eigenvalue weighted by Crippen LogP contribution is -2.11. The summed E-state index contributed by atoms with van der Waals surface area (Å²) in [6.45, 7) is 6.52. The van der Waals surface area contributed by atoms with Gasteiger partial charge in [-0.3, -0.25) is 0 Å². The maximum atomic E-state index is 9.34. The van der Waals surface area contributed by atoms with Crippen molar-refractivity contribution >= 4 is 0 Å². The number of benzene rings is 1. The summed E-state index contributed by atoms with van der Waals surface area (Å²) in [7, 11) is 0. The summed E-state index contributed by atoms with van der Waals surface area (Å²) >= 11 is 0. The summed E-state index contributed by atoms with van der Waals surface area (Å²) < 4.78 is 0. The highest BCUT2D eigenvalue weighted by Gasteiger charge is 2.17. The molecular weight excluding hydrogens is 234 g/mol. The van der Waals surface area contributed by atoms with Crippen molar-refractivity contribution in [1.82, 2.24) is 10.2 Å². The molecule has 0 bridgehead atoms. The Labute approximate surface area is 113 Å². The van der Waals surface area contributed by atoms with Crippen LogP contribution < -0.4 is 0 Å². The molecule has 0 spiro atoms. The molecular formula is C16H17N3. The van der Waals surface area contributed by atoms with Crippen molar-refractivity contribution in [3.05, 3.63) is 59.4 Å². The molecule has 0 N–H and O–H groups in total. The van der Waals surface area contributed by atoms with Crippen LogP contribution in [0.1, 0.15) is 43.5 Å². The molecule has 1 atom stereocenters. The Bertz CT molecular complexity index is 574. The topological polar surface area (TPSA) is 49.6 Å². The Kier molecular flexibility index (Phi) is 3.62. The molecule has 1 aromatic carbocycles. The van der Waals surface area contributed by atoms with Gasteiger partial charge in [-0.25, -0.2) is 0 Å². The number of nitrogens with zero attached hydrogens (tertiary/aromatic N) is 3. The molecule has 0 aliphatic rings. The zero-order chi connectivity index (χ0) is 13.9. The lowest BCUT2D eigenvalue weighted by Gasteiger charge is -2.19. The highest BCUT2D eigenvalue weighted by Crippen LogP contribution is 2.26. The number of rotatable bonds is 2. The van der Waals surface area contributed by atoms with E-state index in [4.69, 9.17) is 0 Å². The fraction of sp³-hybridized carbons (Fsp3) is 0.312. The van der Waals surface area contributed by atoms with Crippen molar-refractivity contribution in [2.45, 2.75) is 32.1 Å². The molecule has 19 heavy (non-hydrogen) atoms. The number of hydrogen-bond donors (Lipinski definition) is 0. The van der Waals surface area contributed by atoms with Gasteiger partial charge in [-0.2, -0.15) is 15.5 Å². The van der Waals surface area contributed by atoms with Gasteiger partial charge in [0.1, 0.15) is 5.92 Å². The Morgan fingerprint density at radius 1 is 1.11 bits per heavy atom. The van der Waals surface area contributed by atoms with Crippen molar-refractivity contribution in [2.75, 3.05) is 0 Å². The fourth-order valence-electron chi connectivity index (χ4n) is 1.95. The molecule has 0 amide bonds. The van der Waals surface area contributed by atoms with E-state index in [-0.39, 0.29) is 11.3 Å². The summed E-state index contributed by atoms with van der Waals surface area (Å²) in [5, 5.41) is 17.2. The van der Waals surface area contributed by atoms with E-state index in [1.54, 1.807) is 12.3 Å². The van der Waals surface area contributed by atoms with E-state index in [9.17, 15) is 5.26 Å². The molecule has 0 aliphatic heterocycles. The van der Waals surface area contributed by atoms with Crippen LogP contribution in [0.15, 0.2) is 42.6 Å². The van der Waals surface area contributed by atoms with Crippen LogP contribution in [-0.4, -0.2) is 10.2 Å². The molecule has 2 rings (SSSR count). The first kappa shape index (κ1) is 13.2. The second-order valence-electron chi connectivity index (χ2n) is 5.58. The van der Waals surface area contributed by atoms with E-state index in [2.05, 4.69) is 49.2 Å². The van der Waals surface area contributed by atoms with E-state index in [0.717, 1.165) is 5.56 Å². The zero-order valence-corrected chi connectivity index (χ0v) is 11.5. The average molecular weight is 251 g/mol. The van der Waals surface area contributed by atoms with Crippen LogP contribution >= 0.6 is 0 Å². The fourth-order valence-corrected chi connectivity index (χ4v) is 1.95. The monoisotopic (exact) mass is 251 g/mol. The Morgan fingerprint density at radius 3 is 2.26 bits per heavy atom. The molecule has 0 saturated heterocycles. The first-order chi connectivity index (χ1) is 9.02. The van der Waals surface area contributed by atoms with Gasteiger partial charge in [-0.05, 0) is 28.7 Å². The van der Waals surface area contributed by atoms with Crippen LogP contribution in [0.5, 0.6) is 0 Å². The molecule has 1 heterocycles. The molecule has 1 aromatic heterocycles. The molecule has 3 nitrogen and oxygen atoms in total. The van der Waals surface area contributed by atoms with E-state index < -0.39 is 0 Å². The Balaban J connectivity index is 2.34. The molecule has 3 heteroatoms. The van der Waals surface area contributed by atoms with Crippen LogP contribution in [-0.2, 0) is 5.41 Å². The molecule has 0 saturated carbocycles. The third kappa shape index (κ3) is 2.97. The third-order valence-corrected chi connectivity index (χ3v) is 3.13. The summed E-state index contributed by atoms with van der Waals surface area (Å²) in [4.78, 5) is 0. The minimum absolute atomic E-state index is 0.118. The molecule has 0 radical (unpaired) electrons. The normalized spacial score (nSPS) is 12.7. The highest BCUT2D eigenvalue weighted by molar-refractivity contribution is 5.37. The number of hydrogen-bond acceptors (Lipinski definition) is 3. The molecule has 1 unspecified atom stereocenters. The van der Waals surface area contributed by atoms with Gasteiger partial charge in [0.2, 0.25) is 0 Å². The predicted octanol–water partition coefficient (Wildman–Crippen LogP) is 3.43. The van der Waals surface area contributed by atoms with Crippen molar-refractivity contribution in [3.8, 4) is 6.07 Å². The van der Waals surface area contributed by atoms with E-state index in [1.807, 2.05) is 18.2 Å². The lowest BCUT2D eigenvalue weighted by atomic mass is 9.85. The van der Waals surface area contributed by atoms with Crippen LogP contribution in [0.4, 0.5) is 0 Å². The minimum atomic E-state index is -0.359. The first-order valence-electron chi connectivity index (χ1n) is 6.30. The second-order valence-corrected chi connectivity index (χ2v) is 5.58. The van der Waals surface area contributed by atoms with Gasteiger partial charge in [0.15, 0.2) is 0 Å². The molecule has 0 aliphatic carbocycles.